The van der Waals surface area contributed by atoms with Gasteiger partial charge in [0, 0.05) is 12.6 Å². The Morgan fingerprint density at radius 3 is 2.79 bits per heavy atom. The number of aromatic carboxylic acids is 1. The number of hydrogen-bond acceptors (Lipinski definition) is 3. The highest BCUT2D eigenvalue weighted by Crippen LogP contribution is 2.25. The van der Waals surface area contributed by atoms with Crippen molar-refractivity contribution in [1.29, 1.82) is 0 Å². The molecule has 0 aliphatic carbocycles. The molecule has 2 aromatic rings. The normalized spacial score (nSPS) is 12.8. The summed E-state index contributed by atoms with van der Waals surface area (Å²) in [5.74, 6) is -0.102. The molecular weight excluding hydrogens is 244 g/mol. The first-order valence-corrected chi connectivity index (χ1v) is 6.41. The third-order valence-electron chi connectivity index (χ3n) is 3.41. The Morgan fingerprint density at radius 1 is 1.47 bits per heavy atom. The van der Waals surface area contributed by atoms with Crippen LogP contribution >= 0.6 is 0 Å². The van der Waals surface area contributed by atoms with Gasteiger partial charge in [-0.15, -0.1) is 0 Å². The van der Waals surface area contributed by atoms with Gasteiger partial charge in [0.1, 0.15) is 5.82 Å². The highest BCUT2D eigenvalue weighted by molar-refractivity contribution is 5.92. The van der Waals surface area contributed by atoms with Crippen LogP contribution in [0.3, 0.4) is 0 Å². The number of rotatable bonds is 5. The highest BCUT2D eigenvalue weighted by atomic mass is 16.4. The van der Waals surface area contributed by atoms with Crippen LogP contribution in [0.25, 0.3) is 11.0 Å². The molecule has 1 atom stereocenters. The van der Waals surface area contributed by atoms with Gasteiger partial charge in [0.2, 0.25) is 0 Å². The molecule has 102 valence electrons. The Morgan fingerprint density at radius 2 is 2.21 bits per heavy atom. The zero-order valence-electron chi connectivity index (χ0n) is 11.1. The lowest BCUT2D eigenvalue weighted by molar-refractivity contribution is 0.0697. The molecule has 0 aliphatic heterocycles. The van der Waals surface area contributed by atoms with Crippen LogP contribution in [-0.4, -0.2) is 32.3 Å². The molecule has 0 amide bonds. The minimum atomic E-state index is -0.948. The van der Waals surface area contributed by atoms with Crippen molar-refractivity contribution < 1.29 is 15.0 Å². The van der Waals surface area contributed by atoms with Crippen molar-refractivity contribution in [3.63, 3.8) is 0 Å². The van der Waals surface area contributed by atoms with E-state index in [1.165, 1.54) is 0 Å². The maximum absolute atomic E-state index is 11.0. The minimum Gasteiger partial charge on any atom is -0.478 e. The number of benzene rings is 1. The van der Waals surface area contributed by atoms with E-state index in [1.807, 2.05) is 6.92 Å². The summed E-state index contributed by atoms with van der Waals surface area (Å²) < 4.78 is 2.08. The first-order valence-electron chi connectivity index (χ1n) is 6.41. The fourth-order valence-electron chi connectivity index (χ4n) is 2.48. The molecule has 0 bridgehead atoms. The van der Waals surface area contributed by atoms with Crippen LogP contribution in [0.1, 0.15) is 42.0 Å². The van der Waals surface area contributed by atoms with Gasteiger partial charge in [0.25, 0.3) is 0 Å². The molecule has 2 N–H and O–H groups in total. The first-order chi connectivity index (χ1) is 9.08. The number of imidazole rings is 1. The number of carboxylic acids is 1. The summed E-state index contributed by atoms with van der Waals surface area (Å²) in [4.78, 5) is 15.4. The number of carboxylic acid groups (broad SMARTS) is 1. The lowest BCUT2D eigenvalue weighted by atomic mass is 10.1. The highest BCUT2D eigenvalue weighted by Gasteiger charge is 2.16. The fourth-order valence-corrected chi connectivity index (χ4v) is 2.48. The van der Waals surface area contributed by atoms with E-state index in [2.05, 4.69) is 16.5 Å². The van der Waals surface area contributed by atoms with Crippen molar-refractivity contribution in [3.05, 3.63) is 29.6 Å². The third-order valence-corrected chi connectivity index (χ3v) is 3.41. The maximum atomic E-state index is 11.0. The van der Waals surface area contributed by atoms with E-state index >= 15 is 0 Å². The maximum Gasteiger partial charge on any atom is 0.335 e. The standard InChI is InChI=1S/C14H18N2O3/c1-3-11(6-7-17)16-9(2)15-12-8-10(14(18)19)4-5-13(12)16/h4-5,8,11,17H,3,6-7H2,1-2H3,(H,18,19). The Hall–Kier alpha value is -1.88. The Balaban J connectivity index is 2.55. The summed E-state index contributed by atoms with van der Waals surface area (Å²) in [6, 6.07) is 5.16. The second-order valence-corrected chi connectivity index (χ2v) is 4.61. The van der Waals surface area contributed by atoms with Crippen LogP contribution in [0, 0.1) is 6.92 Å². The summed E-state index contributed by atoms with van der Waals surface area (Å²) in [5, 5.41) is 18.1. The molecule has 0 saturated heterocycles. The van der Waals surface area contributed by atoms with Crippen molar-refractivity contribution in [2.75, 3.05) is 6.61 Å². The van der Waals surface area contributed by atoms with E-state index in [0.717, 1.165) is 17.8 Å². The number of fused-ring (bicyclic) bond motifs is 1. The molecule has 0 aliphatic rings. The molecule has 1 aromatic carbocycles. The lowest BCUT2D eigenvalue weighted by Gasteiger charge is -2.18. The molecule has 1 heterocycles. The molecule has 19 heavy (non-hydrogen) atoms. The molecule has 1 aromatic heterocycles. The number of hydrogen-bond donors (Lipinski definition) is 2. The number of aliphatic hydroxyl groups excluding tert-OH is 1. The lowest BCUT2D eigenvalue weighted by Crippen LogP contribution is -2.11. The van der Waals surface area contributed by atoms with Gasteiger partial charge in [-0.2, -0.15) is 0 Å². The van der Waals surface area contributed by atoms with Gasteiger partial charge in [-0.1, -0.05) is 6.92 Å². The average molecular weight is 262 g/mol. The smallest absolute Gasteiger partial charge is 0.335 e. The third kappa shape index (κ3) is 2.46. The predicted octanol–water partition coefficient (Wildman–Crippen LogP) is 2.38. The van der Waals surface area contributed by atoms with Crippen LogP contribution < -0.4 is 0 Å². The van der Waals surface area contributed by atoms with Crippen molar-refractivity contribution >= 4 is 17.0 Å². The van der Waals surface area contributed by atoms with Gasteiger partial charge >= 0.3 is 5.97 Å². The Kier molecular flexibility index (Phi) is 3.85. The molecule has 0 fully saturated rings. The number of nitrogens with zero attached hydrogens (tertiary/aromatic N) is 2. The number of aliphatic hydroxyl groups is 1. The van der Waals surface area contributed by atoms with Crippen LogP contribution in [0.15, 0.2) is 18.2 Å². The van der Waals surface area contributed by atoms with E-state index in [0.29, 0.717) is 11.9 Å². The molecule has 0 radical (unpaired) electrons. The molecule has 2 rings (SSSR count). The van der Waals surface area contributed by atoms with Gasteiger partial charge < -0.3 is 14.8 Å². The van der Waals surface area contributed by atoms with E-state index < -0.39 is 5.97 Å². The van der Waals surface area contributed by atoms with Gasteiger partial charge in [0.05, 0.1) is 16.6 Å². The predicted molar refractivity (Wildman–Crippen MR) is 72.5 cm³/mol. The van der Waals surface area contributed by atoms with Crippen LogP contribution in [0.5, 0.6) is 0 Å². The topological polar surface area (TPSA) is 75.3 Å². The number of aryl methyl sites for hydroxylation is 1. The molecule has 0 saturated carbocycles. The van der Waals surface area contributed by atoms with Gasteiger partial charge in [-0.05, 0) is 38.0 Å². The zero-order chi connectivity index (χ0) is 14.0. The zero-order valence-corrected chi connectivity index (χ0v) is 11.1. The van der Waals surface area contributed by atoms with E-state index in [-0.39, 0.29) is 18.2 Å². The SMILES string of the molecule is CCC(CCO)n1c(C)nc2cc(C(=O)O)ccc21. The second kappa shape index (κ2) is 5.40. The number of aromatic nitrogens is 2. The molecule has 5 nitrogen and oxygen atoms in total. The fraction of sp³-hybridized carbons (Fsp3) is 0.429. The van der Waals surface area contributed by atoms with Crippen LogP contribution in [0.4, 0.5) is 0 Å². The van der Waals surface area contributed by atoms with E-state index in [1.54, 1.807) is 18.2 Å². The summed E-state index contributed by atoms with van der Waals surface area (Å²) in [7, 11) is 0. The van der Waals surface area contributed by atoms with Gasteiger partial charge in [-0.25, -0.2) is 9.78 Å². The summed E-state index contributed by atoms with van der Waals surface area (Å²) in [6.45, 7) is 4.10. The quantitative estimate of drug-likeness (QED) is 0.867. The molecule has 5 heteroatoms. The largest absolute Gasteiger partial charge is 0.478 e. The first kappa shape index (κ1) is 13.5. The monoisotopic (exact) mass is 262 g/mol. The molecular formula is C14H18N2O3. The van der Waals surface area contributed by atoms with Gasteiger partial charge in [0.15, 0.2) is 0 Å². The Labute approximate surface area is 111 Å². The van der Waals surface area contributed by atoms with E-state index in [9.17, 15) is 4.79 Å². The van der Waals surface area contributed by atoms with Crippen molar-refractivity contribution in [1.82, 2.24) is 9.55 Å². The van der Waals surface area contributed by atoms with Crippen LogP contribution in [-0.2, 0) is 0 Å². The second-order valence-electron chi connectivity index (χ2n) is 4.61. The Bertz CT molecular complexity index is 604. The van der Waals surface area contributed by atoms with E-state index in [4.69, 9.17) is 10.2 Å². The van der Waals surface area contributed by atoms with Crippen LogP contribution in [0.2, 0.25) is 0 Å². The van der Waals surface area contributed by atoms with Crippen molar-refractivity contribution in [2.24, 2.45) is 0 Å². The summed E-state index contributed by atoms with van der Waals surface area (Å²) in [5.41, 5.74) is 1.85. The van der Waals surface area contributed by atoms with Crippen molar-refractivity contribution in [2.45, 2.75) is 32.7 Å². The molecule has 1 unspecified atom stereocenters. The van der Waals surface area contributed by atoms with Gasteiger partial charge in [-0.3, -0.25) is 0 Å². The number of carbonyl (C=O) groups is 1. The molecule has 0 spiro atoms. The average Bonchev–Trinajstić information content (AvgIpc) is 2.71. The summed E-state index contributed by atoms with van der Waals surface area (Å²) >= 11 is 0. The summed E-state index contributed by atoms with van der Waals surface area (Å²) in [6.07, 6.45) is 1.57. The van der Waals surface area contributed by atoms with Crippen molar-refractivity contribution in [3.8, 4) is 0 Å². The minimum absolute atomic E-state index is 0.130.